The zero-order chi connectivity index (χ0) is 13.4. The molecule has 0 aliphatic heterocycles. The molecule has 96 valence electrons. The summed E-state index contributed by atoms with van der Waals surface area (Å²) in [5.74, 6) is -0.855. The summed E-state index contributed by atoms with van der Waals surface area (Å²) >= 11 is 5.82. The molecule has 0 aliphatic rings. The second-order valence-corrected chi connectivity index (χ2v) is 4.30. The van der Waals surface area contributed by atoms with Crippen LogP contribution in [-0.4, -0.2) is 11.1 Å². The number of aliphatic carboxylic acids is 1. The normalized spacial score (nSPS) is 12.6. The lowest BCUT2D eigenvalue weighted by molar-refractivity contribution is -0.132. The molecule has 0 atom stereocenters. The zero-order valence-electron chi connectivity index (χ0n) is 10.4. The molecule has 1 N–H and O–H groups in total. The minimum absolute atomic E-state index is 0.395. The van der Waals surface area contributed by atoms with Gasteiger partial charge in [-0.3, -0.25) is 0 Å². The first-order chi connectivity index (χ1) is 8.65. The lowest BCUT2D eigenvalue weighted by Gasteiger charge is -2.05. The van der Waals surface area contributed by atoms with Crippen LogP contribution in [0.25, 0.3) is 5.57 Å². The number of carboxylic acid groups (broad SMARTS) is 1. The molecule has 1 aromatic carbocycles. The Kier molecular flexibility index (Phi) is 6.23. The summed E-state index contributed by atoms with van der Waals surface area (Å²) in [5.41, 5.74) is 4.19. The summed E-state index contributed by atoms with van der Waals surface area (Å²) in [4.78, 5) is 10.6. The van der Waals surface area contributed by atoms with E-state index in [9.17, 15) is 4.79 Å². The van der Waals surface area contributed by atoms with E-state index in [1.807, 2.05) is 30.3 Å². The van der Waals surface area contributed by atoms with Gasteiger partial charge in [-0.05, 0) is 37.3 Å². The standard InChI is InChI=1S/C15H17ClO2/c1-12(15(17)18)7-5-6-10-14(11-16)13-8-3-2-4-9-13/h2-4,7-9,11H,5-6,10H2,1H3,(H,17,18)/b12-7+,14-11+. The van der Waals surface area contributed by atoms with Crippen molar-refractivity contribution in [1.29, 1.82) is 0 Å². The molecule has 1 rings (SSSR count). The molecule has 0 aromatic heterocycles. The van der Waals surface area contributed by atoms with E-state index in [-0.39, 0.29) is 0 Å². The molecule has 0 aliphatic carbocycles. The molecule has 0 radical (unpaired) electrons. The van der Waals surface area contributed by atoms with Gasteiger partial charge in [-0.1, -0.05) is 48.0 Å². The second-order valence-electron chi connectivity index (χ2n) is 4.08. The molecule has 0 saturated carbocycles. The Morgan fingerprint density at radius 2 is 2.00 bits per heavy atom. The number of halogens is 1. The van der Waals surface area contributed by atoms with Crippen LogP contribution in [0.4, 0.5) is 0 Å². The van der Waals surface area contributed by atoms with Crippen LogP contribution in [0.3, 0.4) is 0 Å². The molecular weight excluding hydrogens is 248 g/mol. The van der Waals surface area contributed by atoms with Gasteiger partial charge in [0, 0.05) is 11.1 Å². The number of carbonyl (C=O) groups is 1. The minimum atomic E-state index is -0.855. The molecule has 3 heteroatoms. The highest BCUT2D eigenvalue weighted by atomic mass is 35.5. The van der Waals surface area contributed by atoms with Crippen LogP contribution in [0, 0.1) is 0 Å². The first-order valence-electron chi connectivity index (χ1n) is 5.90. The molecule has 0 unspecified atom stereocenters. The summed E-state index contributed by atoms with van der Waals surface area (Å²) in [6.45, 7) is 1.61. The smallest absolute Gasteiger partial charge is 0.330 e. The SMILES string of the molecule is C/C(=C\CCC/C(=C\Cl)c1ccccc1)C(=O)O. The van der Waals surface area contributed by atoms with Crippen LogP contribution >= 0.6 is 11.6 Å². The first-order valence-corrected chi connectivity index (χ1v) is 6.33. The molecule has 0 amide bonds. The summed E-state index contributed by atoms with van der Waals surface area (Å²) in [6.07, 6.45) is 4.23. The third kappa shape index (κ3) is 4.76. The van der Waals surface area contributed by atoms with E-state index in [1.54, 1.807) is 18.5 Å². The Balaban J connectivity index is 2.48. The third-order valence-electron chi connectivity index (χ3n) is 2.71. The first kappa shape index (κ1) is 14.5. The van der Waals surface area contributed by atoms with E-state index in [0.29, 0.717) is 5.57 Å². The van der Waals surface area contributed by atoms with Crippen molar-refractivity contribution >= 4 is 23.1 Å². The van der Waals surface area contributed by atoms with E-state index in [1.165, 1.54) is 0 Å². The number of hydrogen-bond donors (Lipinski definition) is 1. The largest absolute Gasteiger partial charge is 0.478 e. The van der Waals surface area contributed by atoms with Crippen molar-refractivity contribution in [3.63, 3.8) is 0 Å². The van der Waals surface area contributed by atoms with Gasteiger partial charge in [0.2, 0.25) is 0 Å². The lowest BCUT2D eigenvalue weighted by Crippen LogP contribution is -1.95. The molecule has 0 heterocycles. The summed E-state index contributed by atoms with van der Waals surface area (Å²) in [7, 11) is 0. The van der Waals surface area contributed by atoms with Crippen LogP contribution in [0.5, 0.6) is 0 Å². The molecular formula is C15H17ClO2. The Labute approximate surface area is 113 Å². The molecule has 2 nitrogen and oxygen atoms in total. The maximum atomic E-state index is 10.6. The maximum absolute atomic E-state index is 10.6. The molecule has 0 bridgehead atoms. The van der Waals surface area contributed by atoms with E-state index >= 15 is 0 Å². The van der Waals surface area contributed by atoms with Crippen LogP contribution in [0.15, 0.2) is 47.5 Å². The Bertz CT molecular complexity index is 447. The maximum Gasteiger partial charge on any atom is 0.330 e. The van der Waals surface area contributed by atoms with Gasteiger partial charge in [0.05, 0.1) is 0 Å². The van der Waals surface area contributed by atoms with Crippen molar-refractivity contribution in [1.82, 2.24) is 0 Å². The van der Waals surface area contributed by atoms with Gasteiger partial charge in [0.1, 0.15) is 0 Å². The Morgan fingerprint density at radius 1 is 1.33 bits per heavy atom. The van der Waals surface area contributed by atoms with Crippen molar-refractivity contribution in [3.8, 4) is 0 Å². The van der Waals surface area contributed by atoms with Gasteiger partial charge in [-0.25, -0.2) is 4.79 Å². The number of rotatable bonds is 6. The summed E-state index contributed by atoms with van der Waals surface area (Å²) in [5, 5.41) is 8.71. The van der Waals surface area contributed by atoms with Crippen molar-refractivity contribution < 1.29 is 9.90 Å². The number of allylic oxidation sites excluding steroid dienone is 2. The van der Waals surface area contributed by atoms with Crippen LogP contribution in [-0.2, 0) is 4.79 Å². The average molecular weight is 265 g/mol. The minimum Gasteiger partial charge on any atom is -0.478 e. The van der Waals surface area contributed by atoms with Crippen molar-refractivity contribution in [2.24, 2.45) is 0 Å². The van der Waals surface area contributed by atoms with E-state index in [2.05, 4.69) is 0 Å². The van der Waals surface area contributed by atoms with Crippen molar-refractivity contribution in [2.75, 3.05) is 0 Å². The topological polar surface area (TPSA) is 37.3 Å². The van der Waals surface area contributed by atoms with Gasteiger partial charge < -0.3 is 5.11 Å². The summed E-state index contributed by atoms with van der Waals surface area (Å²) < 4.78 is 0. The van der Waals surface area contributed by atoms with Gasteiger partial charge in [0.25, 0.3) is 0 Å². The highest BCUT2D eigenvalue weighted by molar-refractivity contribution is 6.28. The number of benzene rings is 1. The lowest BCUT2D eigenvalue weighted by atomic mass is 10.0. The molecule has 0 fully saturated rings. The van der Waals surface area contributed by atoms with E-state index in [4.69, 9.17) is 16.7 Å². The fraction of sp³-hybridized carbons (Fsp3) is 0.267. The Hall–Kier alpha value is -1.54. The van der Waals surface area contributed by atoms with Crippen LogP contribution in [0.1, 0.15) is 31.7 Å². The molecule has 18 heavy (non-hydrogen) atoms. The van der Waals surface area contributed by atoms with Gasteiger partial charge in [0.15, 0.2) is 0 Å². The zero-order valence-corrected chi connectivity index (χ0v) is 11.2. The second kappa shape index (κ2) is 7.72. The third-order valence-corrected chi connectivity index (χ3v) is 2.98. The highest BCUT2D eigenvalue weighted by Gasteiger charge is 2.01. The number of hydrogen-bond acceptors (Lipinski definition) is 1. The quantitative estimate of drug-likeness (QED) is 0.608. The van der Waals surface area contributed by atoms with Crippen LogP contribution in [0.2, 0.25) is 0 Å². The molecule has 1 aromatic rings. The molecule has 0 saturated heterocycles. The number of unbranched alkanes of at least 4 members (excludes halogenated alkanes) is 1. The summed E-state index contributed by atoms with van der Waals surface area (Å²) in [6, 6.07) is 9.96. The predicted molar refractivity (Wildman–Crippen MR) is 75.5 cm³/mol. The number of carboxylic acids is 1. The fourth-order valence-corrected chi connectivity index (χ4v) is 1.85. The van der Waals surface area contributed by atoms with Crippen molar-refractivity contribution in [3.05, 3.63) is 53.1 Å². The van der Waals surface area contributed by atoms with E-state index in [0.717, 1.165) is 30.4 Å². The van der Waals surface area contributed by atoms with Gasteiger partial charge in [-0.15, -0.1) is 0 Å². The predicted octanol–water partition coefficient (Wildman–Crippen LogP) is 4.47. The monoisotopic (exact) mass is 264 g/mol. The Morgan fingerprint density at radius 3 is 2.56 bits per heavy atom. The van der Waals surface area contributed by atoms with Gasteiger partial charge >= 0.3 is 5.97 Å². The van der Waals surface area contributed by atoms with Gasteiger partial charge in [-0.2, -0.15) is 0 Å². The highest BCUT2D eigenvalue weighted by Crippen LogP contribution is 2.21. The van der Waals surface area contributed by atoms with E-state index < -0.39 is 5.97 Å². The van der Waals surface area contributed by atoms with Crippen molar-refractivity contribution in [2.45, 2.75) is 26.2 Å². The van der Waals surface area contributed by atoms with Crippen LogP contribution < -0.4 is 0 Å². The molecule has 0 spiro atoms. The fourth-order valence-electron chi connectivity index (χ4n) is 1.61. The average Bonchev–Trinajstić information content (AvgIpc) is 2.39.